The molecule has 1 aromatic rings. The molecule has 0 amide bonds. The predicted octanol–water partition coefficient (Wildman–Crippen LogP) is 4.63. The number of rotatable bonds is 5. The van der Waals surface area contributed by atoms with E-state index in [1.807, 2.05) is 0 Å². The summed E-state index contributed by atoms with van der Waals surface area (Å²) >= 11 is 3.39. The van der Waals surface area contributed by atoms with Crippen molar-refractivity contribution in [1.29, 1.82) is 0 Å². The molecule has 0 bridgehead atoms. The van der Waals surface area contributed by atoms with Crippen molar-refractivity contribution in [2.24, 2.45) is 0 Å². The van der Waals surface area contributed by atoms with Crippen LogP contribution in [0.3, 0.4) is 0 Å². The minimum absolute atomic E-state index is 0.181. The van der Waals surface area contributed by atoms with E-state index in [2.05, 4.69) is 42.9 Å². The molecule has 95 valence electrons. The minimum atomic E-state index is -0.440. The molecule has 0 spiro atoms. The first-order chi connectivity index (χ1) is 7.86. The van der Waals surface area contributed by atoms with E-state index in [0.29, 0.717) is 17.7 Å². The molecule has 0 aliphatic rings. The second-order valence-electron chi connectivity index (χ2n) is 5.06. The average molecular weight is 318 g/mol. The summed E-state index contributed by atoms with van der Waals surface area (Å²) in [6, 6.07) is 4.68. The predicted molar refractivity (Wildman–Crippen MR) is 76.0 cm³/mol. The van der Waals surface area contributed by atoms with Crippen molar-refractivity contribution in [3.05, 3.63) is 29.6 Å². The van der Waals surface area contributed by atoms with Crippen molar-refractivity contribution < 1.29 is 9.13 Å². The van der Waals surface area contributed by atoms with Gasteiger partial charge in [-0.15, -0.1) is 0 Å². The Hall–Kier alpha value is -0.353. The third-order valence-corrected chi connectivity index (χ3v) is 6.57. The van der Waals surface area contributed by atoms with E-state index in [0.717, 1.165) is 5.56 Å². The van der Waals surface area contributed by atoms with Gasteiger partial charge in [-0.05, 0) is 11.1 Å². The molecular formula is C13H19BrFOSi. The summed E-state index contributed by atoms with van der Waals surface area (Å²) in [5.41, 5.74) is 0.989. The van der Waals surface area contributed by atoms with Crippen LogP contribution in [0.2, 0.25) is 18.1 Å². The molecule has 0 aliphatic carbocycles. The molecule has 0 fully saturated rings. The van der Waals surface area contributed by atoms with Gasteiger partial charge in [-0.3, -0.25) is 0 Å². The van der Waals surface area contributed by atoms with Crippen LogP contribution in [-0.2, 0) is 5.33 Å². The lowest BCUT2D eigenvalue weighted by Gasteiger charge is -2.28. The highest BCUT2D eigenvalue weighted by Crippen LogP contribution is 2.31. The molecule has 0 N–H and O–H groups in total. The van der Waals surface area contributed by atoms with E-state index in [1.165, 1.54) is 12.1 Å². The monoisotopic (exact) mass is 317 g/mol. The van der Waals surface area contributed by atoms with Crippen molar-refractivity contribution in [3.63, 3.8) is 0 Å². The lowest BCUT2D eigenvalue weighted by molar-refractivity contribution is 0.273. The van der Waals surface area contributed by atoms with Crippen molar-refractivity contribution in [3.8, 4) is 5.75 Å². The van der Waals surface area contributed by atoms with Gasteiger partial charge in [-0.2, -0.15) is 0 Å². The lowest BCUT2D eigenvalue weighted by Crippen LogP contribution is -2.27. The average Bonchev–Trinajstić information content (AvgIpc) is 2.26. The summed E-state index contributed by atoms with van der Waals surface area (Å²) in [5.74, 6) is 0.402. The Balaban J connectivity index is 2.78. The summed E-state index contributed by atoms with van der Waals surface area (Å²) in [7, 11) is -0.440. The van der Waals surface area contributed by atoms with Gasteiger partial charge in [0.2, 0.25) is 0 Å². The third kappa shape index (κ3) is 4.10. The summed E-state index contributed by atoms with van der Waals surface area (Å²) in [6.07, 6.45) is 0. The molecule has 0 atom stereocenters. The molecule has 1 aromatic carbocycles. The summed E-state index contributed by atoms with van der Waals surface area (Å²) in [6.45, 7) is 9.58. The van der Waals surface area contributed by atoms with Crippen LogP contribution >= 0.6 is 15.9 Å². The van der Waals surface area contributed by atoms with Crippen LogP contribution in [0, 0.1) is 5.82 Å². The molecule has 1 rings (SSSR count). The Morgan fingerprint density at radius 1 is 1.35 bits per heavy atom. The fourth-order valence-electron chi connectivity index (χ4n) is 1.18. The van der Waals surface area contributed by atoms with Crippen molar-refractivity contribution in [1.82, 2.24) is 0 Å². The molecule has 17 heavy (non-hydrogen) atoms. The summed E-state index contributed by atoms with van der Waals surface area (Å²) in [5, 5.41) is 0.861. The molecule has 0 aliphatic heterocycles. The lowest BCUT2D eigenvalue weighted by atomic mass is 10.2. The topological polar surface area (TPSA) is 9.23 Å². The van der Waals surface area contributed by atoms with E-state index in [-0.39, 0.29) is 10.9 Å². The second-order valence-corrected chi connectivity index (χ2v) is 8.97. The molecule has 0 unspecified atom stereocenters. The van der Waals surface area contributed by atoms with Crippen LogP contribution in [-0.4, -0.2) is 15.4 Å². The fraction of sp³-hybridized carbons (Fsp3) is 0.538. The minimum Gasteiger partial charge on any atom is -0.493 e. The van der Waals surface area contributed by atoms with Crippen LogP contribution < -0.4 is 4.74 Å². The highest BCUT2D eigenvalue weighted by atomic mass is 79.9. The standard InChI is InChI=1S/C13H19BrFOSi/c1-13(2,17(3)4)9-16-12-7-11(15)6-5-10(12)8-14/h5-7H,8-9H2,1-4H3. The summed E-state index contributed by atoms with van der Waals surface area (Å²) in [4.78, 5) is 0. The van der Waals surface area contributed by atoms with Gasteiger partial charge in [0.15, 0.2) is 0 Å². The second kappa shape index (κ2) is 6.00. The maximum Gasteiger partial charge on any atom is 0.126 e. The first-order valence-corrected chi connectivity index (χ1v) is 9.27. The number of benzene rings is 1. The zero-order valence-corrected chi connectivity index (χ0v) is 13.4. The molecule has 1 radical (unpaired) electrons. The number of hydrogen-bond acceptors (Lipinski definition) is 1. The maximum absolute atomic E-state index is 13.2. The van der Waals surface area contributed by atoms with E-state index >= 15 is 0 Å². The highest BCUT2D eigenvalue weighted by Gasteiger charge is 2.24. The van der Waals surface area contributed by atoms with Crippen molar-refractivity contribution in [2.45, 2.75) is 37.3 Å². The number of alkyl halides is 1. The quantitative estimate of drug-likeness (QED) is 0.568. The van der Waals surface area contributed by atoms with Crippen LogP contribution in [0.5, 0.6) is 5.75 Å². The van der Waals surface area contributed by atoms with Gasteiger partial charge in [0, 0.05) is 17.0 Å². The van der Waals surface area contributed by atoms with Gasteiger partial charge in [0.05, 0.1) is 15.4 Å². The van der Waals surface area contributed by atoms with Gasteiger partial charge < -0.3 is 4.74 Å². The van der Waals surface area contributed by atoms with Gasteiger partial charge in [0.1, 0.15) is 11.6 Å². The number of halogens is 2. The first-order valence-electron chi connectivity index (χ1n) is 5.64. The van der Waals surface area contributed by atoms with E-state index in [4.69, 9.17) is 4.74 Å². The SMILES string of the molecule is C[Si](C)C(C)(C)COc1cc(F)ccc1CBr. The Morgan fingerprint density at radius 3 is 2.53 bits per heavy atom. The van der Waals surface area contributed by atoms with E-state index in [1.54, 1.807) is 6.07 Å². The number of ether oxygens (including phenoxy) is 1. The first kappa shape index (κ1) is 14.7. The smallest absolute Gasteiger partial charge is 0.126 e. The normalized spacial score (nSPS) is 11.9. The maximum atomic E-state index is 13.2. The van der Waals surface area contributed by atoms with E-state index < -0.39 is 8.80 Å². The van der Waals surface area contributed by atoms with Crippen molar-refractivity contribution >= 4 is 24.7 Å². The van der Waals surface area contributed by atoms with E-state index in [9.17, 15) is 4.39 Å². The summed E-state index contributed by atoms with van der Waals surface area (Å²) < 4.78 is 19.0. The van der Waals surface area contributed by atoms with Gasteiger partial charge >= 0.3 is 0 Å². The Bertz CT molecular complexity index is 380. The van der Waals surface area contributed by atoms with Gasteiger partial charge in [0.25, 0.3) is 0 Å². The Labute approximate surface area is 113 Å². The molecule has 1 nitrogen and oxygen atoms in total. The molecular weight excluding hydrogens is 299 g/mol. The Kier molecular flexibility index (Phi) is 5.19. The van der Waals surface area contributed by atoms with Crippen molar-refractivity contribution in [2.75, 3.05) is 6.61 Å². The molecule has 0 heterocycles. The third-order valence-electron chi connectivity index (χ3n) is 3.12. The molecule has 0 saturated carbocycles. The molecule has 0 aromatic heterocycles. The highest BCUT2D eigenvalue weighted by molar-refractivity contribution is 9.08. The largest absolute Gasteiger partial charge is 0.493 e. The van der Waals surface area contributed by atoms with Crippen LogP contribution in [0.1, 0.15) is 19.4 Å². The zero-order valence-electron chi connectivity index (χ0n) is 10.8. The molecule has 0 saturated heterocycles. The number of hydrogen-bond donors (Lipinski definition) is 0. The van der Waals surface area contributed by atoms with Gasteiger partial charge in [-0.25, -0.2) is 4.39 Å². The Morgan fingerprint density at radius 2 is 2.00 bits per heavy atom. The van der Waals surface area contributed by atoms with Crippen LogP contribution in [0.15, 0.2) is 18.2 Å². The molecule has 4 heteroatoms. The zero-order chi connectivity index (χ0) is 13.1. The van der Waals surface area contributed by atoms with Crippen LogP contribution in [0.25, 0.3) is 0 Å². The fourth-order valence-corrected chi connectivity index (χ4v) is 2.00. The van der Waals surface area contributed by atoms with Crippen LogP contribution in [0.4, 0.5) is 4.39 Å². The van der Waals surface area contributed by atoms with Gasteiger partial charge in [-0.1, -0.05) is 48.9 Å².